The van der Waals surface area contributed by atoms with Crippen molar-refractivity contribution in [3.8, 4) is 5.75 Å². The number of alkyl halides is 6. The van der Waals surface area contributed by atoms with Gasteiger partial charge in [-0.2, -0.15) is 0 Å². The molecule has 1 rings (SSSR count). The zero-order valence-corrected chi connectivity index (χ0v) is 9.40. The molecule has 0 saturated heterocycles. The van der Waals surface area contributed by atoms with Crippen molar-refractivity contribution >= 4 is 11.6 Å². The first-order valence-corrected chi connectivity index (χ1v) is 5.05. The molecule has 0 bridgehead atoms. The molecular formula is C9H7ClF5NO2. The van der Waals surface area contributed by atoms with Crippen molar-refractivity contribution in [2.24, 2.45) is 0 Å². The van der Waals surface area contributed by atoms with Gasteiger partial charge in [-0.1, -0.05) is 0 Å². The van der Waals surface area contributed by atoms with Gasteiger partial charge < -0.3 is 9.84 Å². The quantitative estimate of drug-likeness (QED) is 0.684. The van der Waals surface area contributed by atoms with Crippen LogP contribution in [0.3, 0.4) is 0 Å². The van der Waals surface area contributed by atoms with Crippen LogP contribution < -0.4 is 4.74 Å². The van der Waals surface area contributed by atoms with Gasteiger partial charge in [0.05, 0.1) is 24.4 Å². The molecule has 0 spiro atoms. The van der Waals surface area contributed by atoms with Crippen molar-refractivity contribution in [1.82, 2.24) is 4.98 Å². The van der Waals surface area contributed by atoms with E-state index >= 15 is 0 Å². The minimum absolute atomic E-state index is 0.301. The average molecular weight is 292 g/mol. The van der Waals surface area contributed by atoms with E-state index in [9.17, 15) is 22.0 Å². The lowest BCUT2D eigenvalue weighted by atomic mass is 10.1. The smallest absolute Gasteiger partial charge is 0.404 e. The van der Waals surface area contributed by atoms with E-state index in [2.05, 4.69) is 9.72 Å². The van der Waals surface area contributed by atoms with Crippen LogP contribution in [0.25, 0.3) is 0 Å². The lowest BCUT2D eigenvalue weighted by molar-refractivity contribution is -0.275. The standard InChI is InChI=1S/C9H7ClF5NO2/c10-1-5-7(8(11)12)4(3-17)6(2-16-5)18-9(13,14)15/h2,8,17H,1,3H2. The van der Waals surface area contributed by atoms with Crippen molar-refractivity contribution in [2.45, 2.75) is 25.3 Å². The number of halogens is 6. The van der Waals surface area contributed by atoms with Crippen LogP contribution in [-0.4, -0.2) is 16.5 Å². The number of nitrogens with zero attached hydrogens (tertiary/aromatic N) is 1. The third kappa shape index (κ3) is 3.42. The van der Waals surface area contributed by atoms with Crippen LogP contribution in [0.15, 0.2) is 6.20 Å². The van der Waals surface area contributed by atoms with Gasteiger partial charge in [-0.25, -0.2) is 8.78 Å². The maximum Gasteiger partial charge on any atom is 0.573 e. The van der Waals surface area contributed by atoms with Gasteiger partial charge in [-0.05, 0) is 0 Å². The molecule has 1 aromatic heterocycles. The zero-order chi connectivity index (χ0) is 13.9. The van der Waals surface area contributed by atoms with E-state index in [0.717, 1.165) is 0 Å². The normalized spacial score (nSPS) is 12.0. The molecule has 1 aromatic rings. The highest BCUT2D eigenvalue weighted by Gasteiger charge is 2.34. The van der Waals surface area contributed by atoms with Crippen molar-refractivity contribution in [1.29, 1.82) is 0 Å². The fourth-order valence-electron chi connectivity index (χ4n) is 1.33. The van der Waals surface area contributed by atoms with Gasteiger partial charge in [0, 0.05) is 11.1 Å². The van der Waals surface area contributed by atoms with E-state index in [1.54, 1.807) is 0 Å². The Bertz CT molecular complexity index is 424. The lowest BCUT2D eigenvalue weighted by Crippen LogP contribution is -2.19. The molecule has 0 amide bonds. The summed E-state index contributed by atoms with van der Waals surface area (Å²) in [5.74, 6) is -1.38. The summed E-state index contributed by atoms with van der Waals surface area (Å²) in [4.78, 5) is 3.36. The number of pyridine rings is 1. The van der Waals surface area contributed by atoms with Crippen LogP contribution >= 0.6 is 11.6 Å². The Morgan fingerprint density at radius 1 is 1.39 bits per heavy atom. The Hall–Kier alpha value is -1.15. The molecule has 102 valence electrons. The third-order valence-electron chi connectivity index (χ3n) is 2.00. The van der Waals surface area contributed by atoms with Crippen molar-refractivity contribution in [3.05, 3.63) is 23.0 Å². The van der Waals surface area contributed by atoms with Crippen molar-refractivity contribution in [2.75, 3.05) is 0 Å². The fourth-order valence-corrected chi connectivity index (χ4v) is 1.54. The summed E-state index contributed by atoms with van der Waals surface area (Å²) in [5, 5.41) is 8.91. The SMILES string of the molecule is OCc1c(OC(F)(F)F)cnc(CCl)c1C(F)F. The molecule has 18 heavy (non-hydrogen) atoms. The molecule has 0 fully saturated rings. The first kappa shape index (κ1) is 14.9. The molecule has 0 saturated carbocycles. The predicted molar refractivity (Wildman–Crippen MR) is 51.4 cm³/mol. The Kier molecular flexibility index (Phi) is 4.69. The number of hydrogen-bond donors (Lipinski definition) is 1. The Balaban J connectivity index is 3.33. The highest BCUT2D eigenvalue weighted by atomic mass is 35.5. The van der Waals surface area contributed by atoms with E-state index < -0.39 is 42.2 Å². The summed E-state index contributed by atoms with van der Waals surface area (Å²) in [6, 6.07) is 0. The highest BCUT2D eigenvalue weighted by Crippen LogP contribution is 2.34. The first-order valence-electron chi connectivity index (χ1n) is 4.51. The molecule has 0 unspecified atom stereocenters. The number of ether oxygens (including phenoxy) is 1. The summed E-state index contributed by atoms with van der Waals surface area (Å²) in [7, 11) is 0. The van der Waals surface area contributed by atoms with E-state index in [-0.39, 0.29) is 5.69 Å². The topological polar surface area (TPSA) is 42.4 Å². The first-order chi connectivity index (χ1) is 8.30. The van der Waals surface area contributed by atoms with Crippen LogP contribution in [0.4, 0.5) is 22.0 Å². The minimum Gasteiger partial charge on any atom is -0.404 e. The molecule has 0 aliphatic heterocycles. The molecular weight excluding hydrogens is 285 g/mol. The van der Waals surface area contributed by atoms with Crippen LogP contribution in [-0.2, 0) is 12.5 Å². The maximum atomic E-state index is 12.7. The summed E-state index contributed by atoms with van der Waals surface area (Å²) in [6.07, 6.45) is -7.58. The fraction of sp³-hybridized carbons (Fsp3) is 0.444. The van der Waals surface area contributed by atoms with Gasteiger partial charge in [-0.15, -0.1) is 24.8 Å². The van der Waals surface area contributed by atoms with Crippen LogP contribution in [0, 0.1) is 0 Å². The number of aliphatic hydroxyl groups excluding tert-OH is 1. The monoisotopic (exact) mass is 291 g/mol. The minimum atomic E-state index is -5.06. The highest BCUT2D eigenvalue weighted by molar-refractivity contribution is 6.17. The second-order valence-electron chi connectivity index (χ2n) is 3.10. The molecule has 9 heteroatoms. The maximum absolute atomic E-state index is 12.7. The van der Waals surface area contributed by atoms with Gasteiger partial charge >= 0.3 is 6.36 Å². The van der Waals surface area contributed by atoms with E-state index in [1.807, 2.05) is 0 Å². The second-order valence-corrected chi connectivity index (χ2v) is 3.37. The van der Waals surface area contributed by atoms with Gasteiger partial charge in [0.25, 0.3) is 6.43 Å². The Morgan fingerprint density at radius 3 is 2.39 bits per heavy atom. The van der Waals surface area contributed by atoms with Crippen LogP contribution in [0.1, 0.15) is 23.2 Å². The lowest BCUT2D eigenvalue weighted by Gasteiger charge is -2.16. The van der Waals surface area contributed by atoms with Gasteiger partial charge in [0.1, 0.15) is 0 Å². The number of aromatic nitrogens is 1. The number of rotatable bonds is 4. The summed E-state index contributed by atoms with van der Waals surface area (Å²) >= 11 is 5.35. The van der Waals surface area contributed by atoms with Crippen LogP contribution in [0.5, 0.6) is 5.75 Å². The molecule has 0 radical (unpaired) electrons. The van der Waals surface area contributed by atoms with E-state index in [4.69, 9.17) is 16.7 Å². The second kappa shape index (κ2) is 5.66. The molecule has 3 nitrogen and oxygen atoms in total. The van der Waals surface area contributed by atoms with Crippen LogP contribution in [0.2, 0.25) is 0 Å². The molecule has 0 aliphatic rings. The number of hydrogen-bond acceptors (Lipinski definition) is 3. The molecule has 1 heterocycles. The summed E-state index contributed by atoms with van der Waals surface area (Å²) in [6.45, 7) is -1.04. The van der Waals surface area contributed by atoms with Crippen molar-refractivity contribution < 1.29 is 31.8 Å². The van der Waals surface area contributed by atoms with Gasteiger partial charge in [0.2, 0.25) is 0 Å². The Morgan fingerprint density at radius 2 is 2.00 bits per heavy atom. The van der Waals surface area contributed by atoms with Gasteiger partial charge in [0.15, 0.2) is 5.75 Å². The summed E-state index contributed by atoms with van der Waals surface area (Å²) in [5.41, 5.74) is -1.81. The molecule has 1 N–H and O–H groups in total. The number of aliphatic hydroxyl groups is 1. The van der Waals surface area contributed by atoms with Crippen molar-refractivity contribution in [3.63, 3.8) is 0 Å². The predicted octanol–water partition coefficient (Wildman–Crippen LogP) is 3.15. The van der Waals surface area contributed by atoms with E-state index in [1.165, 1.54) is 0 Å². The Labute approximate surface area is 103 Å². The molecule has 0 aliphatic carbocycles. The molecule has 0 atom stereocenters. The third-order valence-corrected chi connectivity index (χ3v) is 2.25. The van der Waals surface area contributed by atoms with Gasteiger partial charge in [-0.3, -0.25) is 4.98 Å². The molecule has 0 aromatic carbocycles. The zero-order valence-electron chi connectivity index (χ0n) is 8.64. The summed E-state index contributed by atoms with van der Waals surface area (Å²) < 4.78 is 65.1. The van der Waals surface area contributed by atoms with E-state index in [0.29, 0.717) is 6.20 Å². The largest absolute Gasteiger partial charge is 0.573 e. The average Bonchev–Trinajstić information content (AvgIpc) is 2.26.